The molecular weight excluding hydrogens is 469 g/mol. The second-order valence-electron chi connectivity index (χ2n) is 5.63. The van der Waals surface area contributed by atoms with E-state index in [1.165, 1.54) is 22.7 Å². The first-order valence-electron chi connectivity index (χ1n) is 7.96. The summed E-state index contributed by atoms with van der Waals surface area (Å²) in [6, 6.07) is 4.66. The summed E-state index contributed by atoms with van der Waals surface area (Å²) >= 11 is 4.90. The van der Waals surface area contributed by atoms with Crippen molar-refractivity contribution in [2.75, 3.05) is 12.4 Å². The van der Waals surface area contributed by atoms with Crippen molar-refractivity contribution in [3.05, 3.63) is 41.3 Å². The molecule has 11 heteroatoms. The summed E-state index contributed by atoms with van der Waals surface area (Å²) in [7, 11) is 0. The Bertz CT molecular complexity index is 993. The molecule has 3 rings (SSSR count). The number of alkyl halides is 5. The average molecular weight is 482 g/mol. The lowest BCUT2D eigenvalue weighted by Gasteiger charge is -2.20. The fourth-order valence-electron chi connectivity index (χ4n) is 2.40. The van der Waals surface area contributed by atoms with E-state index < -0.39 is 18.7 Å². The summed E-state index contributed by atoms with van der Waals surface area (Å²) in [6.07, 6.45) is -1.13. The Morgan fingerprint density at radius 2 is 1.93 bits per heavy atom. The lowest BCUT2D eigenvalue weighted by Crippen LogP contribution is -2.41. The van der Waals surface area contributed by atoms with Crippen molar-refractivity contribution < 1.29 is 26.7 Å². The molecule has 0 bridgehead atoms. The van der Waals surface area contributed by atoms with Crippen molar-refractivity contribution in [2.24, 2.45) is 0 Å². The predicted molar refractivity (Wildman–Crippen MR) is 99.0 cm³/mol. The summed E-state index contributed by atoms with van der Waals surface area (Å²) in [5.41, 5.74) is 0.820. The van der Waals surface area contributed by atoms with E-state index in [4.69, 9.17) is 4.74 Å². The van der Waals surface area contributed by atoms with E-state index in [0.717, 1.165) is 15.1 Å². The third-order valence-electron chi connectivity index (χ3n) is 3.69. The minimum atomic E-state index is -5.68. The Kier molecular flexibility index (Phi) is 5.85. The Labute approximate surface area is 169 Å². The largest absolute Gasteiger partial charge is 0.485 e. The van der Waals surface area contributed by atoms with Gasteiger partial charge in [0.2, 0.25) is 0 Å². The number of ether oxygens (including phenoxy) is 1. The Balaban J connectivity index is 1.99. The maximum Gasteiger partial charge on any atom is 0.456 e. The van der Waals surface area contributed by atoms with Gasteiger partial charge in [0.15, 0.2) is 12.4 Å². The first kappa shape index (κ1) is 20.8. The van der Waals surface area contributed by atoms with Gasteiger partial charge in [-0.15, -0.1) is 11.8 Å². The number of imidazole rings is 1. The highest BCUT2D eigenvalue weighted by atomic mass is 79.9. The topological polar surface area (TPSA) is 39.4 Å². The first-order valence-corrected chi connectivity index (χ1v) is 9.74. The molecule has 0 radical (unpaired) electrons. The molecule has 3 heterocycles. The molecule has 0 atom stereocenters. The van der Waals surface area contributed by atoms with E-state index in [1.54, 1.807) is 24.2 Å². The zero-order chi connectivity index (χ0) is 20.5. The van der Waals surface area contributed by atoms with Gasteiger partial charge >= 0.3 is 12.1 Å². The monoisotopic (exact) mass is 481 g/mol. The van der Waals surface area contributed by atoms with E-state index >= 15 is 0 Å². The van der Waals surface area contributed by atoms with Gasteiger partial charge in [-0.25, -0.2) is 4.98 Å². The zero-order valence-electron chi connectivity index (χ0n) is 14.3. The van der Waals surface area contributed by atoms with Gasteiger partial charge < -0.3 is 4.74 Å². The molecule has 0 aliphatic rings. The molecule has 0 amide bonds. The van der Waals surface area contributed by atoms with Crippen molar-refractivity contribution in [1.29, 1.82) is 0 Å². The van der Waals surface area contributed by atoms with Gasteiger partial charge in [0, 0.05) is 21.8 Å². The van der Waals surface area contributed by atoms with Crippen LogP contribution in [0.15, 0.2) is 46.2 Å². The van der Waals surface area contributed by atoms with Crippen LogP contribution in [0.5, 0.6) is 5.75 Å². The molecule has 0 unspecified atom stereocenters. The molecule has 150 valence electrons. The van der Waals surface area contributed by atoms with Gasteiger partial charge in [-0.2, -0.15) is 22.0 Å². The number of pyridine rings is 2. The molecule has 0 saturated carbocycles. The van der Waals surface area contributed by atoms with Gasteiger partial charge in [-0.3, -0.25) is 9.38 Å². The summed E-state index contributed by atoms with van der Waals surface area (Å²) in [5.74, 6) is -3.88. The molecule has 3 aromatic rings. The lowest BCUT2D eigenvalue weighted by molar-refractivity contribution is -0.289. The highest BCUT2D eigenvalue weighted by molar-refractivity contribution is 9.10. The molecule has 0 aliphatic heterocycles. The van der Waals surface area contributed by atoms with Gasteiger partial charge in [-0.1, -0.05) is 6.92 Å². The number of thioether (sulfide) groups is 1. The van der Waals surface area contributed by atoms with Crippen molar-refractivity contribution in [2.45, 2.75) is 23.9 Å². The first-order chi connectivity index (χ1) is 13.1. The van der Waals surface area contributed by atoms with E-state index in [2.05, 4.69) is 25.9 Å². The number of halogens is 6. The minimum absolute atomic E-state index is 0.132. The maximum absolute atomic E-state index is 13.2. The fourth-order valence-corrected chi connectivity index (χ4v) is 3.68. The van der Waals surface area contributed by atoms with Crippen LogP contribution in [0.25, 0.3) is 17.0 Å². The number of nitrogens with zero attached hydrogens (tertiary/aromatic N) is 3. The summed E-state index contributed by atoms with van der Waals surface area (Å²) < 4.78 is 70.5. The molecule has 0 spiro atoms. The van der Waals surface area contributed by atoms with Crippen LogP contribution < -0.4 is 4.74 Å². The lowest BCUT2D eigenvalue weighted by atomic mass is 10.3. The molecule has 3 aromatic heterocycles. The Hall–Kier alpha value is -1.88. The number of aromatic nitrogens is 3. The van der Waals surface area contributed by atoms with Crippen molar-refractivity contribution in [3.8, 4) is 17.3 Å². The molecule has 0 N–H and O–H groups in total. The highest BCUT2D eigenvalue weighted by Crippen LogP contribution is 2.37. The number of fused-ring (bicyclic) bond motifs is 1. The molecule has 0 aromatic carbocycles. The van der Waals surface area contributed by atoms with Crippen molar-refractivity contribution in [1.82, 2.24) is 14.4 Å². The van der Waals surface area contributed by atoms with Crippen molar-refractivity contribution >= 4 is 33.2 Å². The van der Waals surface area contributed by atoms with Gasteiger partial charge in [-0.05, 0) is 39.9 Å². The number of hydrogen-bond donors (Lipinski definition) is 0. The van der Waals surface area contributed by atoms with Crippen LogP contribution in [0.3, 0.4) is 0 Å². The van der Waals surface area contributed by atoms with E-state index in [9.17, 15) is 22.0 Å². The Morgan fingerprint density at radius 1 is 1.18 bits per heavy atom. The van der Waals surface area contributed by atoms with Crippen LogP contribution in [0.4, 0.5) is 22.0 Å². The summed E-state index contributed by atoms with van der Waals surface area (Å²) in [6.45, 7) is 0.163. The third kappa shape index (κ3) is 4.09. The Morgan fingerprint density at radius 3 is 2.61 bits per heavy atom. The molecule has 0 fully saturated rings. The smallest absolute Gasteiger partial charge is 0.456 e. The number of hydrogen-bond acceptors (Lipinski definition) is 4. The minimum Gasteiger partial charge on any atom is -0.485 e. The second kappa shape index (κ2) is 7.86. The number of rotatable bonds is 6. The summed E-state index contributed by atoms with van der Waals surface area (Å²) in [5, 5.41) is 0. The van der Waals surface area contributed by atoms with Gasteiger partial charge in [0.25, 0.3) is 0 Å². The van der Waals surface area contributed by atoms with E-state index in [1.807, 2.05) is 13.0 Å². The standard InChI is InChI=1S/C17H13BrF5N3OS/c1-2-28-13-6-10(18)7-24-14(13)15-25-8-11-12(4-3-5-26(11)15)27-9-16(19,20)17(21,22)23/h3-8H,2,9H2,1H3. The molecule has 0 aliphatic carbocycles. The predicted octanol–water partition coefficient (Wildman–Crippen LogP) is 5.85. The van der Waals surface area contributed by atoms with Crippen LogP contribution in [-0.2, 0) is 0 Å². The molecule has 4 nitrogen and oxygen atoms in total. The van der Waals surface area contributed by atoms with Crippen molar-refractivity contribution in [3.63, 3.8) is 0 Å². The SMILES string of the molecule is CCSc1cc(Br)cnc1-c1ncc2c(OCC(F)(F)C(F)(F)F)cccn12. The summed E-state index contributed by atoms with van der Waals surface area (Å²) in [4.78, 5) is 9.50. The van der Waals surface area contributed by atoms with Gasteiger partial charge in [0.05, 0.1) is 6.20 Å². The fraction of sp³-hybridized carbons (Fsp3) is 0.294. The third-order valence-corrected chi connectivity index (χ3v) is 5.03. The van der Waals surface area contributed by atoms with Crippen LogP contribution >= 0.6 is 27.7 Å². The normalized spacial score (nSPS) is 12.5. The van der Waals surface area contributed by atoms with Crippen LogP contribution in [0.1, 0.15) is 6.92 Å². The maximum atomic E-state index is 13.2. The average Bonchev–Trinajstić information content (AvgIpc) is 3.04. The highest BCUT2D eigenvalue weighted by Gasteiger charge is 2.58. The van der Waals surface area contributed by atoms with Crippen LogP contribution in [0, 0.1) is 0 Å². The molecule has 28 heavy (non-hydrogen) atoms. The molecule has 0 saturated heterocycles. The van der Waals surface area contributed by atoms with E-state index in [-0.39, 0.29) is 11.3 Å². The quantitative estimate of drug-likeness (QED) is 0.327. The second-order valence-corrected chi connectivity index (χ2v) is 7.86. The molecular formula is C17H13BrF5N3OS. The zero-order valence-corrected chi connectivity index (χ0v) is 16.7. The van der Waals surface area contributed by atoms with Gasteiger partial charge in [0.1, 0.15) is 17.0 Å². The van der Waals surface area contributed by atoms with Crippen LogP contribution in [-0.4, -0.2) is 38.8 Å². The van der Waals surface area contributed by atoms with Crippen LogP contribution in [0.2, 0.25) is 0 Å². The van der Waals surface area contributed by atoms with E-state index in [0.29, 0.717) is 11.5 Å².